The van der Waals surface area contributed by atoms with Crippen LogP contribution < -0.4 is 5.73 Å². The molecule has 0 aliphatic rings. The van der Waals surface area contributed by atoms with E-state index in [1.54, 1.807) is 10.9 Å². The summed E-state index contributed by atoms with van der Waals surface area (Å²) in [6.45, 7) is 6.61. The Labute approximate surface area is 88.9 Å². The van der Waals surface area contributed by atoms with Crippen LogP contribution in [0.3, 0.4) is 0 Å². The van der Waals surface area contributed by atoms with E-state index >= 15 is 0 Å². The summed E-state index contributed by atoms with van der Waals surface area (Å²) in [7, 11) is 0. The standard InChI is InChI=1S/C10H17N3O2/c1-4-13-5-7(8(11)10(14)15)9(12-13)6(2)3/h5-6,8H,4,11H2,1-3H3,(H,14,15). The van der Waals surface area contributed by atoms with Crippen LogP contribution in [0.15, 0.2) is 6.20 Å². The monoisotopic (exact) mass is 211 g/mol. The van der Waals surface area contributed by atoms with E-state index in [0.29, 0.717) is 12.1 Å². The topological polar surface area (TPSA) is 81.1 Å². The largest absolute Gasteiger partial charge is 0.480 e. The molecule has 0 amide bonds. The molecule has 0 saturated heterocycles. The van der Waals surface area contributed by atoms with Crippen LogP contribution in [0.1, 0.15) is 44.0 Å². The van der Waals surface area contributed by atoms with Crippen LogP contribution in [0.5, 0.6) is 0 Å². The van der Waals surface area contributed by atoms with Gasteiger partial charge in [-0.15, -0.1) is 0 Å². The van der Waals surface area contributed by atoms with Crippen molar-refractivity contribution < 1.29 is 9.90 Å². The first kappa shape index (κ1) is 11.7. The number of carboxylic acids is 1. The predicted molar refractivity (Wildman–Crippen MR) is 56.6 cm³/mol. The number of hydrogen-bond acceptors (Lipinski definition) is 3. The summed E-state index contributed by atoms with van der Waals surface area (Å²) in [5, 5.41) is 13.2. The summed E-state index contributed by atoms with van der Waals surface area (Å²) in [5.41, 5.74) is 6.97. The third-order valence-corrected chi connectivity index (χ3v) is 2.29. The van der Waals surface area contributed by atoms with Crippen molar-refractivity contribution in [3.8, 4) is 0 Å². The fraction of sp³-hybridized carbons (Fsp3) is 0.600. The SMILES string of the molecule is CCn1cc(C(N)C(=O)O)c(C(C)C)n1. The summed E-state index contributed by atoms with van der Waals surface area (Å²) >= 11 is 0. The molecule has 84 valence electrons. The molecule has 0 bridgehead atoms. The molecular formula is C10H17N3O2. The van der Waals surface area contributed by atoms with E-state index in [1.807, 2.05) is 20.8 Å². The van der Waals surface area contributed by atoms with Gasteiger partial charge in [-0.2, -0.15) is 5.10 Å². The number of rotatable bonds is 4. The Kier molecular flexibility index (Phi) is 3.47. The van der Waals surface area contributed by atoms with Crippen molar-refractivity contribution in [3.63, 3.8) is 0 Å². The van der Waals surface area contributed by atoms with Gasteiger partial charge in [0.05, 0.1) is 5.69 Å². The fourth-order valence-electron chi connectivity index (χ4n) is 1.44. The van der Waals surface area contributed by atoms with Crippen LogP contribution in [-0.4, -0.2) is 20.9 Å². The third-order valence-electron chi connectivity index (χ3n) is 2.29. The average molecular weight is 211 g/mol. The highest BCUT2D eigenvalue weighted by Crippen LogP contribution is 2.22. The van der Waals surface area contributed by atoms with E-state index in [-0.39, 0.29) is 5.92 Å². The second-order valence-electron chi connectivity index (χ2n) is 3.80. The zero-order chi connectivity index (χ0) is 11.6. The fourth-order valence-corrected chi connectivity index (χ4v) is 1.44. The molecule has 15 heavy (non-hydrogen) atoms. The zero-order valence-corrected chi connectivity index (χ0v) is 9.27. The smallest absolute Gasteiger partial charge is 0.325 e. The van der Waals surface area contributed by atoms with Crippen molar-refractivity contribution in [2.24, 2.45) is 5.73 Å². The first-order chi connectivity index (χ1) is 6.97. The lowest BCUT2D eigenvalue weighted by atomic mass is 10.0. The van der Waals surface area contributed by atoms with E-state index in [2.05, 4.69) is 5.10 Å². The van der Waals surface area contributed by atoms with Gasteiger partial charge in [-0.1, -0.05) is 13.8 Å². The number of aliphatic carboxylic acids is 1. The molecule has 0 spiro atoms. The maximum absolute atomic E-state index is 10.8. The molecule has 0 aliphatic carbocycles. The van der Waals surface area contributed by atoms with E-state index in [1.165, 1.54) is 0 Å². The van der Waals surface area contributed by atoms with Gasteiger partial charge in [0.15, 0.2) is 0 Å². The molecule has 1 rings (SSSR count). The first-order valence-electron chi connectivity index (χ1n) is 5.03. The lowest BCUT2D eigenvalue weighted by molar-refractivity contribution is -0.138. The van der Waals surface area contributed by atoms with Gasteiger partial charge in [-0.25, -0.2) is 0 Å². The van der Waals surface area contributed by atoms with E-state index in [9.17, 15) is 4.79 Å². The molecule has 0 radical (unpaired) electrons. The molecule has 1 heterocycles. The minimum Gasteiger partial charge on any atom is -0.480 e. The summed E-state index contributed by atoms with van der Waals surface area (Å²) in [5.74, 6) is -0.842. The minimum atomic E-state index is -1.02. The van der Waals surface area contributed by atoms with Crippen molar-refractivity contribution in [2.45, 2.75) is 39.3 Å². The molecule has 1 aromatic heterocycles. The third kappa shape index (κ3) is 2.36. The van der Waals surface area contributed by atoms with E-state index < -0.39 is 12.0 Å². The second kappa shape index (κ2) is 4.44. The maximum Gasteiger partial charge on any atom is 0.325 e. The molecule has 1 unspecified atom stereocenters. The Balaban J connectivity index is 3.14. The predicted octanol–water partition coefficient (Wildman–Crippen LogP) is 1.11. The number of nitrogens with zero attached hydrogens (tertiary/aromatic N) is 2. The molecule has 3 N–H and O–H groups in total. The van der Waals surface area contributed by atoms with Crippen LogP contribution in [0.25, 0.3) is 0 Å². The van der Waals surface area contributed by atoms with Gasteiger partial charge in [-0.3, -0.25) is 9.48 Å². The Morgan fingerprint density at radius 2 is 2.27 bits per heavy atom. The molecule has 0 aliphatic heterocycles. The van der Waals surface area contributed by atoms with Crippen molar-refractivity contribution in [3.05, 3.63) is 17.5 Å². The first-order valence-corrected chi connectivity index (χ1v) is 5.03. The van der Waals surface area contributed by atoms with Crippen molar-refractivity contribution in [2.75, 3.05) is 0 Å². The number of hydrogen-bond donors (Lipinski definition) is 2. The Morgan fingerprint density at radius 3 is 2.67 bits per heavy atom. The van der Waals surface area contributed by atoms with Crippen LogP contribution in [0.4, 0.5) is 0 Å². The highest BCUT2D eigenvalue weighted by atomic mass is 16.4. The van der Waals surface area contributed by atoms with Gasteiger partial charge in [0.2, 0.25) is 0 Å². The van der Waals surface area contributed by atoms with Gasteiger partial charge in [-0.05, 0) is 12.8 Å². The molecule has 5 heteroatoms. The van der Waals surface area contributed by atoms with Gasteiger partial charge >= 0.3 is 5.97 Å². The van der Waals surface area contributed by atoms with E-state index in [4.69, 9.17) is 10.8 Å². The number of aromatic nitrogens is 2. The van der Waals surface area contributed by atoms with Crippen molar-refractivity contribution in [1.29, 1.82) is 0 Å². The van der Waals surface area contributed by atoms with Crippen molar-refractivity contribution in [1.82, 2.24) is 9.78 Å². The summed E-state index contributed by atoms with van der Waals surface area (Å²) in [6.07, 6.45) is 1.72. The number of aryl methyl sites for hydroxylation is 1. The van der Waals surface area contributed by atoms with Crippen LogP contribution >= 0.6 is 0 Å². The van der Waals surface area contributed by atoms with Gasteiger partial charge in [0.25, 0.3) is 0 Å². The number of nitrogens with two attached hydrogens (primary N) is 1. The summed E-state index contributed by atoms with van der Waals surface area (Å²) < 4.78 is 1.72. The van der Waals surface area contributed by atoms with Crippen LogP contribution in [0.2, 0.25) is 0 Å². The lowest BCUT2D eigenvalue weighted by Crippen LogP contribution is -2.21. The Bertz CT molecular complexity index is 358. The Hall–Kier alpha value is -1.36. The molecular weight excluding hydrogens is 194 g/mol. The molecule has 0 fully saturated rings. The van der Waals surface area contributed by atoms with Crippen LogP contribution in [0, 0.1) is 0 Å². The molecule has 0 aromatic carbocycles. The van der Waals surface area contributed by atoms with Gasteiger partial charge in [0, 0.05) is 18.3 Å². The number of carboxylic acid groups (broad SMARTS) is 1. The second-order valence-corrected chi connectivity index (χ2v) is 3.80. The van der Waals surface area contributed by atoms with Gasteiger partial charge < -0.3 is 10.8 Å². The highest BCUT2D eigenvalue weighted by Gasteiger charge is 2.22. The average Bonchev–Trinajstić information content (AvgIpc) is 2.60. The molecule has 0 saturated carbocycles. The molecule has 5 nitrogen and oxygen atoms in total. The lowest BCUT2D eigenvalue weighted by Gasteiger charge is -2.08. The molecule has 1 aromatic rings. The highest BCUT2D eigenvalue weighted by molar-refractivity contribution is 5.75. The van der Waals surface area contributed by atoms with Gasteiger partial charge in [0.1, 0.15) is 6.04 Å². The Morgan fingerprint density at radius 1 is 1.67 bits per heavy atom. The minimum absolute atomic E-state index is 0.179. The number of carbonyl (C=O) groups is 1. The van der Waals surface area contributed by atoms with Crippen LogP contribution in [-0.2, 0) is 11.3 Å². The molecule has 1 atom stereocenters. The van der Waals surface area contributed by atoms with Crippen molar-refractivity contribution >= 4 is 5.97 Å². The maximum atomic E-state index is 10.8. The van der Waals surface area contributed by atoms with E-state index in [0.717, 1.165) is 5.69 Å². The normalized spacial score (nSPS) is 13.1. The summed E-state index contributed by atoms with van der Waals surface area (Å²) in [6, 6.07) is -0.984. The quantitative estimate of drug-likeness (QED) is 0.781. The summed E-state index contributed by atoms with van der Waals surface area (Å²) in [4.78, 5) is 10.8. The zero-order valence-electron chi connectivity index (χ0n) is 9.27.